The highest BCUT2D eigenvalue weighted by molar-refractivity contribution is 5.68. The van der Waals surface area contributed by atoms with Gasteiger partial charge in [0.15, 0.2) is 0 Å². The van der Waals surface area contributed by atoms with Gasteiger partial charge in [-0.2, -0.15) is 0 Å². The average Bonchev–Trinajstić information content (AvgIpc) is 2.34. The molecule has 1 aromatic rings. The summed E-state index contributed by atoms with van der Waals surface area (Å²) >= 11 is 0. The maximum atomic E-state index is 11.7. The van der Waals surface area contributed by atoms with Crippen LogP contribution in [-0.2, 0) is 4.74 Å². The highest BCUT2D eigenvalue weighted by Crippen LogP contribution is 2.07. The summed E-state index contributed by atoms with van der Waals surface area (Å²) in [6, 6.07) is 3.18. The molecule has 0 aliphatic rings. The summed E-state index contributed by atoms with van der Waals surface area (Å²) in [6.45, 7) is 7.37. The predicted octanol–water partition coefficient (Wildman–Crippen LogP) is 2.32. The molecule has 5 nitrogen and oxygen atoms in total. The van der Waals surface area contributed by atoms with E-state index >= 15 is 0 Å². The lowest BCUT2D eigenvalue weighted by Crippen LogP contribution is -2.38. The summed E-state index contributed by atoms with van der Waals surface area (Å²) in [5.41, 5.74) is 6.26. The lowest BCUT2D eigenvalue weighted by molar-refractivity contribution is 0.0515. The molecule has 1 atom stereocenters. The number of amides is 1. The Morgan fingerprint density at radius 2 is 2.25 bits per heavy atom. The molecule has 0 aliphatic heterocycles. The Bertz CT molecular complexity index is 524. The third kappa shape index (κ3) is 5.61. The fourth-order valence-corrected chi connectivity index (χ4v) is 1.37. The molecule has 108 valence electrons. The Hall–Kier alpha value is -2.22. The van der Waals surface area contributed by atoms with Gasteiger partial charge in [-0.15, -0.1) is 0 Å². The lowest BCUT2D eigenvalue weighted by atomic mass is 10.2. The zero-order valence-corrected chi connectivity index (χ0v) is 12.4. The molecule has 0 aliphatic carbocycles. The Kier molecular flexibility index (Phi) is 5.39. The van der Waals surface area contributed by atoms with Crippen LogP contribution < -0.4 is 11.1 Å². The minimum absolute atomic E-state index is 0.300. The van der Waals surface area contributed by atoms with Gasteiger partial charge in [0, 0.05) is 6.20 Å². The first-order valence-electron chi connectivity index (χ1n) is 6.53. The lowest BCUT2D eigenvalue weighted by Gasteiger charge is -2.21. The van der Waals surface area contributed by atoms with Crippen molar-refractivity contribution in [3.63, 3.8) is 0 Å². The van der Waals surface area contributed by atoms with Crippen molar-refractivity contribution < 1.29 is 9.53 Å². The molecule has 0 fully saturated rings. The van der Waals surface area contributed by atoms with E-state index in [0.29, 0.717) is 17.8 Å². The highest BCUT2D eigenvalue weighted by atomic mass is 16.6. The summed E-state index contributed by atoms with van der Waals surface area (Å²) in [6.07, 6.45) is 1.81. The Morgan fingerprint density at radius 3 is 2.80 bits per heavy atom. The first-order chi connectivity index (χ1) is 9.31. The molecule has 1 aromatic heterocycles. The number of aromatic nitrogens is 1. The zero-order valence-electron chi connectivity index (χ0n) is 12.4. The SMILES string of the molecule is CC[C@H](C#Cc1ncccc1N)NC(=O)OC(C)(C)C. The van der Waals surface area contributed by atoms with E-state index in [2.05, 4.69) is 22.1 Å². The zero-order chi connectivity index (χ0) is 15.2. The van der Waals surface area contributed by atoms with Crippen LogP contribution in [0.1, 0.15) is 39.8 Å². The second-order valence-corrected chi connectivity index (χ2v) is 5.32. The number of pyridine rings is 1. The van der Waals surface area contributed by atoms with Crippen molar-refractivity contribution in [2.45, 2.75) is 45.8 Å². The van der Waals surface area contributed by atoms with Gasteiger partial charge in [0.2, 0.25) is 0 Å². The molecule has 1 rings (SSSR count). The van der Waals surface area contributed by atoms with E-state index in [1.165, 1.54) is 0 Å². The molecule has 20 heavy (non-hydrogen) atoms. The molecule has 0 unspecified atom stereocenters. The minimum Gasteiger partial charge on any atom is -0.444 e. The predicted molar refractivity (Wildman–Crippen MR) is 79.0 cm³/mol. The van der Waals surface area contributed by atoms with Crippen LogP contribution in [0.15, 0.2) is 18.3 Å². The summed E-state index contributed by atoms with van der Waals surface area (Å²) in [5.74, 6) is 5.81. The number of ether oxygens (including phenoxy) is 1. The van der Waals surface area contributed by atoms with Gasteiger partial charge in [0.1, 0.15) is 11.3 Å². The number of nitrogens with one attached hydrogen (secondary N) is 1. The van der Waals surface area contributed by atoms with Gasteiger partial charge >= 0.3 is 6.09 Å². The molecule has 0 saturated carbocycles. The van der Waals surface area contributed by atoms with Crippen LogP contribution in [0.3, 0.4) is 0 Å². The van der Waals surface area contributed by atoms with E-state index in [0.717, 1.165) is 0 Å². The van der Waals surface area contributed by atoms with Gasteiger partial charge in [0.05, 0.1) is 11.7 Å². The summed E-state index contributed by atoms with van der Waals surface area (Å²) < 4.78 is 5.19. The number of anilines is 1. The Morgan fingerprint density at radius 1 is 1.55 bits per heavy atom. The van der Waals surface area contributed by atoms with Gasteiger partial charge in [-0.1, -0.05) is 12.8 Å². The van der Waals surface area contributed by atoms with E-state index in [-0.39, 0.29) is 6.04 Å². The topological polar surface area (TPSA) is 77.2 Å². The van der Waals surface area contributed by atoms with Gasteiger partial charge < -0.3 is 15.8 Å². The number of carbonyl (C=O) groups is 1. The van der Waals surface area contributed by atoms with E-state index in [1.54, 1.807) is 18.3 Å². The van der Waals surface area contributed by atoms with Crippen LogP contribution in [0.2, 0.25) is 0 Å². The van der Waals surface area contributed by atoms with Gasteiger partial charge in [-0.3, -0.25) is 0 Å². The second kappa shape index (κ2) is 6.80. The van der Waals surface area contributed by atoms with E-state index in [1.807, 2.05) is 27.7 Å². The maximum absolute atomic E-state index is 11.7. The fraction of sp³-hybridized carbons (Fsp3) is 0.467. The first kappa shape index (κ1) is 15.8. The molecular formula is C15H21N3O2. The molecular weight excluding hydrogens is 254 g/mol. The number of nitrogens with zero attached hydrogens (tertiary/aromatic N) is 1. The monoisotopic (exact) mass is 275 g/mol. The van der Waals surface area contributed by atoms with E-state index in [9.17, 15) is 4.79 Å². The van der Waals surface area contributed by atoms with Crippen LogP contribution >= 0.6 is 0 Å². The van der Waals surface area contributed by atoms with Gasteiger partial charge in [-0.05, 0) is 45.2 Å². The van der Waals surface area contributed by atoms with E-state index in [4.69, 9.17) is 10.5 Å². The highest BCUT2D eigenvalue weighted by Gasteiger charge is 2.17. The minimum atomic E-state index is -0.527. The number of rotatable bonds is 2. The van der Waals surface area contributed by atoms with Crippen LogP contribution in [0.25, 0.3) is 0 Å². The van der Waals surface area contributed by atoms with Crippen molar-refractivity contribution in [1.29, 1.82) is 0 Å². The molecule has 3 N–H and O–H groups in total. The third-order valence-electron chi connectivity index (χ3n) is 2.30. The quantitative estimate of drug-likeness (QED) is 0.812. The number of nitrogens with two attached hydrogens (primary N) is 1. The fourth-order valence-electron chi connectivity index (χ4n) is 1.37. The number of hydrogen-bond donors (Lipinski definition) is 2. The molecule has 5 heteroatoms. The molecule has 1 amide bonds. The van der Waals surface area contributed by atoms with Crippen molar-refractivity contribution in [2.75, 3.05) is 5.73 Å². The number of alkyl carbamates (subject to hydrolysis) is 1. The molecule has 0 bridgehead atoms. The molecule has 0 radical (unpaired) electrons. The Labute approximate surface area is 119 Å². The van der Waals surface area contributed by atoms with Crippen LogP contribution in [0, 0.1) is 11.8 Å². The third-order valence-corrected chi connectivity index (χ3v) is 2.30. The van der Waals surface area contributed by atoms with Crippen LogP contribution in [0.4, 0.5) is 10.5 Å². The van der Waals surface area contributed by atoms with Crippen molar-refractivity contribution in [3.8, 4) is 11.8 Å². The summed E-state index contributed by atoms with van der Waals surface area (Å²) in [4.78, 5) is 15.7. The standard InChI is InChI=1S/C15H21N3O2/c1-5-11(18-14(19)20-15(2,3)4)8-9-13-12(16)7-6-10-17-13/h6-7,10-11H,5,16H2,1-4H3,(H,18,19)/t11-/m1/s1. The number of carbonyl (C=O) groups excluding carboxylic acids is 1. The molecule has 0 saturated heterocycles. The van der Waals surface area contributed by atoms with E-state index < -0.39 is 11.7 Å². The molecule has 0 aromatic carbocycles. The first-order valence-corrected chi connectivity index (χ1v) is 6.53. The van der Waals surface area contributed by atoms with Gasteiger partial charge in [-0.25, -0.2) is 9.78 Å². The summed E-state index contributed by atoms with van der Waals surface area (Å²) in [7, 11) is 0. The number of hydrogen-bond acceptors (Lipinski definition) is 4. The van der Waals surface area contributed by atoms with Crippen molar-refractivity contribution in [1.82, 2.24) is 10.3 Å². The summed E-state index contributed by atoms with van der Waals surface area (Å²) in [5, 5.41) is 2.71. The van der Waals surface area contributed by atoms with Gasteiger partial charge in [0.25, 0.3) is 0 Å². The maximum Gasteiger partial charge on any atom is 0.408 e. The van der Waals surface area contributed by atoms with Crippen LogP contribution in [-0.4, -0.2) is 22.7 Å². The largest absolute Gasteiger partial charge is 0.444 e. The number of nitrogen functional groups attached to an aromatic ring is 1. The molecule has 0 spiro atoms. The average molecular weight is 275 g/mol. The van der Waals surface area contributed by atoms with Crippen LogP contribution in [0.5, 0.6) is 0 Å². The van der Waals surface area contributed by atoms with Crippen molar-refractivity contribution >= 4 is 11.8 Å². The molecule has 1 heterocycles. The Balaban J connectivity index is 2.70. The second-order valence-electron chi connectivity index (χ2n) is 5.32. The normalized spacial score (nSPS) is 12.0. The van der Waals surface area contributed by atoms with Crippen molar-refractivity contribution in [2.24, 2.45) is 0 Å². The van der Waals surface area contributed by atoms with Crippen molar-refractivity contribution in [3.05, 3.63) is 24.0 Å². The smallest absolute Gasteiger partial charge is 0.408 e.